The van der Waals surface area contributed by atoms with Crippen LogP contribution in [0, 0.1) is 22.7 Å². The Balaban J connectivity index is 1.64. The predicted molar refractivity (Wildman–Crippen MR) is 119 cm³/mol. The zero-order valence-electron chi connectivity index (χ0n) is 20.6. The summed E-state index contributed by atoms with van der Waals surface area (Å²) in [5.74, 6) is -6.49. The standard InChI is InChI=1S/C25H35NO9/c1-12(2)23(31)17(33-18(28)14-7-6-10-26-14)16-19(4)11-22(30)20(23,5)25(32,34-16)24(35-22)15(27)13(3)8-9-21(19,24)29/h6-7,10,12-13,15-17,26-27,29-32H,8-9,11H2,1-5H3/t13-,15+,16-,17-,19+,20-,21-,22-,23+,24+,25+/m0/s1. The summed E-state index contributed by atoms with van der Waals surface area (Å²) in [5, 5.41) is 61.1. The maximum atomic E-state index is 13.1. The number of rotatable bonds is 3. The second-order valence-corrected chi connectivity index (χ2v) is 12.2. The Morgan fingerprint density at radius 2 is 1.91 bits per heavy atom. The van der Waals surface area contributed by atoms with E-state index in [4.69, 9.17) is 14.2 Å². The van der Waals surface area contributed by atoms with Crippen molar-refractivity contribution < 1.29 is 44.5 Å². The Kier molecular flexibility index (Phi) is 4.29. The highest BCUT2D eigenvalue weighted by atomic mass is 16.8. The Labute approximate surface area is 203 Å². The van der Waals surface area contributed by atoms with Crippen molar-refractivity contribution in [2.75, 3.05) is 0 Å². The number of carbonyl (C=O) groups excluding carboxylic acids is 1. The summed E-state index contributed by atoms with van der Waals surface area (Å²) >= 11 is 0. The fourth-order valence-corrected chi connectivity index (χ4v) is 8.74. The Morgan fingerprint density at radius 3 is 2.51 bits per heavy atom. The molecule has 4 saturated heterocycles. The number of hydrogen-bond acceptors (Lipinski definition) is 9. The molecule has 1 spiro atoms. The largest absolute Gasteiger partial charge is 0.452 e. The molecule has 5 bridgehead atoms. The fraction of sp³-hybridized carbons (Fsp3) is 0.800. The summed E-state index contributed by atoms with van der Waals surface area (Å²) in [7, 11) is 0. The maximum absolute atomic E-state index is 13.1. The van der Waals surface area contributed by atoms with Gasteiger partial charge in [0.05, 0.1) is 6.10 Å². The number of fused-ring (bicyclic) bond motifs is 4. The summed E-state index contributed by atoms with van der Waals surface area (Å²) < 4.78 is 18.5. The van der Waals surface area contributed by atoms with Crippen molar-refractivity contribution in [3.8, 4) is 0 Å². The van der Waals surface area contributed by atoms with Gasteiger partial charge in [0.2, 0.25) is 5.79 Å². The summed E-state index contributed by atoms with van der Waals surface area (Å²) in [6.45, 7) is 8.31. The third-order valence-electron chi connectivity index (χ3n) is 10.7. The molecule has 1 aromatic heterocycles. The normalized spacial score (nSPS) is 58.0. The van der Waals surface area contributed by atoms with Gasteiger partial charge in [-0.1, -0.05) is 27.7 Å². The summed E-state index contributed by atoms with van der Waals surface area (Å²) in [6.07, 6.45) is -2.00. The second kappa shape index (κ2) is 6.30. The minimum Gasteiger partial charge on any atom is -0.452 e. The highest BCUT2D eigenvalue weighted by Crippen LogP contribution is 2.83. The van der Waals surface area contributed by atoms with Crippen LogP contribution in [-0.2, 0) is 14.2 Å². The van der Waals surface area contributed by atoms with Crippen LogP contribution in [0.15, 0.2) is 18.3 Å². The molecule has 6 rings (SSSR count). The number of nitrogens with one attached hydrogen (secondary N) is 1. The second-order valence-electron chi connectivity index (χ2n) is 12.2. The zero-order chi connectivity index (χ0) is 25.6. The molecule has 0 radical (unpaired) electrons. The number of aromatic amines is 1. The average Bonchev–Trinajstić information content (AvgIpc) is 3.34. The zero-order valence-corrected chi connectivity index (χ0v) is 20.6. The van der Waals surface area contributed by atoms with Gasteiger partial charge in [-0.05, 0) is 43.7 Å². The number of aromatic nitrogens is 1. The van der Waals surface area contributed by atoms with Crippen LogP contribution in [0.4, 0.5) is 0 Å². The van der Waals surface area contributed by atoms with Crippen LogP contribution in [0.25, 0.3) is 0 Å². The first-order valence-corrected chi connectivity index (χ1v) is 12.4. The minimum absolute atomic E-state index is 0.159. The Bertz CT molecular complexity index is 1090. The van der Waals surface area contributed by atoms with Crippen molar-refractivity contribution in [1.82, 2.24) is 4.98 Å². The Hall–Kier alpha value is -1.53. The lowest BCUT2D eigenvalue weighted by Crippen LogP contribution is -2.91. The molecular formula is C25H35NO9. The van der Waals surface area contributed by atoms with E-state index in [0.29, 0.717) is 6.42 Å². The number of esters is 1. The van der Waals surface area contributed by atoms with E-state index in [0.717, 1.165) is 0 Å². The number of hydrogen-bond donors (Lipinski definition) is 6. The molecule has 194 valence electrons. The van der Waals surface area contributed by atoms with Crippen LogP contribution in [0.1, 0.15) is 64.4 Å². The van der Waals surface area contributed by atoms with Crippen molar-refractivity contribution in [2.45, 2.75) is 101 Å². The molecule has 35 heavy (non-hydrogen) atoms. The lowest BCUT2D eigenvalue weighted by Gasteiger charge is -2.73. The molecule has 1 aromatic rings. The highest BCUT2D eigenvalue weighted by molar-refractivity contribution is 5.87. The lowest BCUT2D eigenvalue weighted by atomic mass is 9.44. The molecule has 5 fully saturated rings. The smallest absolute Gasteiger partial charge is 0.355 e. The van der Waals surface area contributed by atoms with Gasteiger partial charge in [-0.25, -0.2) is 4.79 Å². The molecule has 10 nitrogen and oxygen atoms in total. The molecule has 5 aliphatic rings. The monoisotopic (exact) mass is 493 g/mol. The van der Waals surface area contributed by atoms with Gasteiger partial charge in [-0.2, -0.15) is 0 Å². The van der Waals surface area contributed by atoms with Gasteiger partial charge in [0, 0.05) is 18.0 Å². The van der Waals surface area contributed by atoms with Gasteiger partial charge in [0.25, 0.3) is 0 Å². The third kappa shape index (κ3) is 2.01. The number of aliphatic hydroxyl groups is 5. The van der Waals surface area contributed by atoms with E-state index in [-0.39, 0.29) is 24.5 Å². The third-order valence-corrected chi connectivity index (χ3v) is 10.7. The van der Waals surface area contributed by atoms with E-state index < -0.39 is 69.4 Å². The van der Waals surface area contributed by atoms with Crippen molar-refractivity contribution in [2.24, 2.45) is 22.7 Å². The van der Waals surface area contributed by atoms with Crippen LogP contribution in [0.3, 0.4) is 0 Å². The van der Waals surface area contributed by atoms with Crippen molar-refractivity contribution in [3.05, 3.63) is 24.0 Å². The first-order valence-electron chi connectivity index (χ1n) is 12.4. The van der Waals surface area contributed by atoms with Gasteiger partial charge < -0.3 is 44.7 Å². The van der Waals surface area contributed by atoms with Crippen LogP contribution >= 0.6 is 0 Å². The molecule has 0 amide bonds. The number of H-pyrrole nitrogens is 1. The summed E-state index contributed by atoms with van der Waals surface area (Å²) in [6, 6.07) is 3.17. The Morgan fingerprint density at radius 1 is 1.23 bits per heavy atom. The highest BCUT2D eigenvalue weighted by Gasteiger charge is 3.01. The van der Waals surface area contributed by atoms with E-state index in [1.54, 1.807) is 40.0 Å². The van der Waals surface area contributed by atoms with Gasteiger partial charge in [-0.15, -0.1) is 0 Å². The first-order chi connectivity index (χ1) is 16.1. The molecule has 5 heterocycles. The summed E-state index contributed by atoms with van der Waals surface area (Å²) in [4.78, 5) is 15.9. The van der Waals surface area contributed by atoms with E-state index in [2.05, 4.69) is 4.98 Å². The SMILES string of the molecule is CC(C)[C@@]1(O)[C@@H](OC(=O)c2ccc[nH]2)[C@@H]2O[C@@]3(O)[C@]45O[C@@](O)(C[C@@]2(C)[C@@]4(O)CC[C@H](C)[C@H]5O)[C@]31C. The van der Waals surface area contributed by atoms with E-state index in [1.807, 2.05) is 0 Å². The van der Waals surface area contributed by atoms with E-state index >= 15 is 0 Å². The molecule has 6 N–H and O–H groups in total. The molecule has 10 heteroatoms. The molecule has 4 aliphatic heterocycles. The van der Waals surface area contributed by atoms with Crippen molar-refractivity contribution >= 4 is 5.97 Å². The number of ether oxygens (including phenoxy) is 3. The van der Waals surface area contributed by atoms with E-state index in [1.165, 1.54) is 13.0 Å². The van der Waals surface area contributed by atoms with E-state index in [9.17, 15) is 30.3 Å². The molecule has 1 aliphatic carbocycles. The fourth-order valence-electron chi connectivity index (χ4n) is 8.74. The van der Waals surface area contributed by atoms with Crippen LogP contribution in [0.5, 0.6) is 0 Å². The molecule has 1 saturated carbocycles. The average molecular weight is 494 g/mol. The van der Waals surface area contributed by atoms with Crippen LogP contribution in [-0.4, -0.2) is 83.2 Å². The topological polar surface area (TPSA) is 162 Å². The van der Waals surface area contributed by atoms with Gasteiger partial charge in [-0.3, -0.25) is 0 Å². The van der Waals surface area contributed by atoms with Crippen molar-refractivity contribution in [1.29, 1.82) is 0 Å². The molecular weight excluding hydrogens is 458 g/mol. The summed E-state index contributed by atoms with van der Waals surface area (Å²) in [5.41, 5.74) is -9.24. The predicted octanol–water partition coefficient (Wildman–Crippen LogP) is 0.424. The quantitative estimate of drug-likeness (QED) is 0.328. The number of carbonyl (C=O) groups is 1. The minimum atomic E-state index is -2.49. The molecule has 0 aromatic carbocycles. The van der Waals surface area contributed by atoms with Gasteiger partial charge in [0.1, 0.15) is 28.4 Å². The van der Waals surface area contributed by atoms with Crippen LogP contribution in [0.2, 0.25) is 0 Å². The van der Waals surface area contributed by atoms with Gasteiger partial charge in [0.15, 0.2) is 17.5 Å². The van der Waals surface area contributed by atoms with Crippen LogP contribution < -0.4 is 0 Å². The van der Waals surface area contributed by atoms with Gasteiger partial charge >= 0.3 is 5.97 Å². The molecule has 11 atom stereocenters. The maximum Gasteiger partial charge on any atom is 0.355 e. The lowest BCUT2D eigenvalue weighted by molar-refractivity contribution is -0.495. The first kappa shape index (κ1) is 23.8. The van der Waals surface area contributed by atoms with Crippen molar-refractivity contribution in [3.63, 3.8) is 0 Å². The molecule has 0 unspecified atom stereocenters. The number of aliphatic hydroxyl groups excluding tert-OH is 1.